The second-order valence-electron chi connectivity index (χ2n) is 20.9. The van der Waals surface area contributed by atoms with E-state index in [1.807, 2.05) is 0 Å². The average Bonchev–Trinajstić information content (AvgIpc) is 3.38. The smallest absolute Gasteiger partial charge is 0.306 e. The molecule has 0 amide bonds. The lowest BCUT2D eigenvalue weighted by Gasteiger charge is -2.18. The molecule has 0 radical (unpaired) electrons. The first-order valence-electron chi connectivity index (χ1n) is 31.3. The molecule has 6 heteroatoms. The van der Waals surface area contributed by atoms with E-state index in [0.717, 1.165) is 89.9 Å². The highest BCUT2D eigenvalue weighted by atomic mass is 16.6. The molecule has 0 rings (SSSR count). The Labute approximate surface area is 447 Å². The summed E-state index contributed by atoms with van der Waals surface area (Å²) < 4.78 is 16.9. The van der Waals surface area contributed by atoms with E-state index in [9.17, 15) is 14.4 Å². The van der Waals surface area contributed by atoms with E-state index in [-0.39, 0.29) is 31.1 Å². The van der Waals surface area contributed by atoms with Crippen LogP contribution in [0.4, 0.5) is 0 Å². The molecule has 0 bridgehead atoms. The molecule has 0 aromatic heterocycles. The van der Waals surface area contributed by atoms with Crippen molar-refractivity contribution in [1.82, 2.24) is 0 Å². The first kappa shape index (κ1) is 69.1. The van der Waals surface area contributed by atoms with Gasteiger partial charge in [0, 0.05) is 19.3 Å². The van der Waals surface area contributed by atoms with E-state index in [2.05, 4.69) is 81.5 Å². The van der Waals surface area contributed by atoms with Crippen LogP contribution in [0.2, 0.25) is 0 Å². The Balaban J connectivity index is 4.36. The fraction of sp³-hybridized carbons (Fsp3) is 0.803. The minimum atomic E-state index is -0.779. The van der Waals surface area contributed by atoms with Crippen LogP contribution in [-0.2, 0) is 28.6 Å². The Bertz CT molecular complexity index is 1290. The van der Waals surface area contributed by atoms with E-state index in [0.29, 0.717) is 19.3 Å². The van der Waals surface area contributed by atoms with Gasteiger partial charge in [0.1, 0.15) is 13.2 Å². The van der Waals surface area contributed by atoms with Crippen LogP contribution in [0.1, 0.15) is 323 Å². The van der Waals surface area contributed by atoms with E-state index < -0.39 is 6.10 Å². The van der Waals surface area contributed by atoms with Crippen molar-refractivity contribution in [3.05, 3.63) is 60.8 Å². The first-order chi connectivity index (χ1) is 35.5. The van der Waals surface area contributed by atoms with Gasteiger partial charge in [-0.3, -0.25) is 14.4 Å². The van der Waals surface area contributed by atoms with Gasteiger partial charge in [-0.2, -0.15) is 0 Å². The fourth-order valence-electron chi connectivity index (χ4n) is 9.08. The molecule has 0 saturated carbocycles. The van der Waals surface area contributed by atoms with Gasteiger partial charge in [-0.05, 0) is 83.5 Å². The van der Waals surface area contributed by atoms with Gasteiger partial charge in [-0.15, -0.1) is 0 Å². The summed E-state index contributed by atoms with van der Waals surface area (Å²) in [5.74, 6) is -0.871. The van der Waals surface area contributed by atoms with Crippen molar-refractivity contribution >= 4 is 17.9 Å². The normalized spacial score (nSPS) is 12.4. The summed E-state index contributed by atoms with van der Waals surface area (Å²) in [6, 6.07) is 0. The van der Waals surface area contributed by atoms with Gasteiger partial charge >= 0.3 is 17.9 Å². The van der Waals surface area contributed by atoms with Crippen molar-refractivity contribution < 1.29 is 28.6 Å². The van der Waals surface area contributed by atoms with Crippen LogP contribution in [-0.4, -0.2) is 37.2 Å². The summed E-state index contributed by atoms with van der Waals surface area (Å²) in [4.78, 5) is 38.3. The largest absolute Gasteiger partial charge is 0.462 e. The van der Waals surface area contributed by atoms with Gasteiger partial charge in [0.2, 0.25) is 0 Å². The van der Waals surface area contributed by atoms with Gasteiger partial charge in [0.15, 0.2) is 6.10 Å². The second kappa shape index (κ2) is 60.7. The van der Waals surface area contributed by atoms with E-state index in [1.54, 1.807) is 0 Å². The summed E-state index contributed by atoms with van der Waals surface area (Å²) in [6.07, 6.45) is 76.4. The number of carbonyl (C=O) groups excluding carboxylic acids is 3. The Morgan fingerprint density at radius 1 is 0.292 bits per heavy atom. The number of hydrogen-bond acceptors (Lipinski definition) is 6. The molecular weight excluding hydrogens is 889 g/mol. The molecule has 72 heavy (non-hydrogen) atoms. The maximum absolute atomic E-state index is 12.9. The Morgan fingerprint density at radius 3 is 0.875 bits per heavy atom. The third-order valence-electron chi connectivity index (χ3n) is 13.8. The zero-order chi connectivity index (χ0) is 52.2. The lowest BCUT2D eigenvalue weighted by molar-refractivity contribution is -0.167. The van der Waals surface area contributed by atoms with Gasteiger partial charge in [0.25, 0.3) is 0 Å². The number of esters is 3. The molecule has 0 spiro atoms. The summed E-state index contributed by atoms with van der Waals surface area (Å²) in [7, 11) is 0. The van der Waals surface area contributed by atoms with Crippen molar-refractivity contribution in [3.63, 3.8) is 0 Å². The molecule has 0 saturated heterocycles. The lowest BCUT2D eigenvalue weighted by atomic mass is 10.0. The zero-order valence-corrected chi connectivity index (χ0v) is 47.9. The van der Waals surface area contributed by atoms with Crippen LogP contribution >= 0.6 is 0 Å². The molecule has 0 aromatic rings. The maximum atomic E-state index is 12.9. The molecule has 1 atom stereocenters. The van der Waals surface area contributed by atoms with Gasteiger partial charge in [-0.25, -0.2) is 0 Å². The fourth-order valence-corrected chi connectivity index (χ4v) is 9.08. The van der Waals surface area contributed by atoms with Crippen LogP contribution in [0, 0.1) is 0 Å². The van der Waals surface area contributed by atoms with Crippen LogP contribution in [0.15, 0.2) is 60.8 Å². The molecule has 418 valence electrons. The van der Waals surface area contributed by atoms with Gasteiger partial charge < -0.3 is 14.2 Å². The molecule has 0 aliphatic rings. The Hall–Kier alpha value is -2.89. The van der Waals surface area contributed by atoms with Crippen molar-refractivity contribution in [1.29, 1.82) is 0 Å². The predicted molar refractivity (Wildman–Crippen MR) is 312 cm³/mol. The Morgan fingerprint density at radius 2 is 0.542 bits per heavy atom. The molecule has 6 nitrogen and oxygen atoms in total. The van der Waals surface area contributed by atoms with Crippen LogP contribution in [0.3, 0.4) is 0 Å². The van der Waals surface area contributed by atoms with Crippen molar-refractivity contribution in [2.75, 3.05) is 13.2 Å². The summed E-state index contributed by atoms with van der Waals surface area (Å²) in [5.41, 5.74) is 0. The molecule has 0 fully saturated rings. The summed E-state index contributed by atoms with van der Waals surface area (Å²) in [6.45, 7) is 6.54. The van der Waals surface area contributed by atoms with Crippen LogP contribution in [0.25, 0.3) is 0 Å². The van der Waals surface area contributed by atoms with Gasteiger partial charge in [0.05, 0.1) is 0 Å². The summed E-state index contributed by atoms with van der Waals surface area (Å²) in [5, 5.41) is 0. The van der Waals surface area contributed by atoms with Crippen LogP contribution < -0.4 is 0 Å². The minimum absolute atomic E-state index is 0.0767. The third kappa shape index (κ3) is 58.0. The molecule has 0 N–H and O–H groups in total. The topological polar surface area (TPSA) is 78.9 Å². The predicted octanol–water partition coefficient (Wildman–Crippen LogP) is 21.2. The van der Waals surface area contributed by atoms with Crippen molar-refractivity contribution in [2.24, 2.45) is 0 Å². The number of allylic oxidation sites excluding steroid dienone is 10. The molecule has 0 aliphatic carbocycles. The van der Waals surface area contributed by atoms with Crippen LogP contribution in [0.5, 0.6) is 0 Å². The minimum Gasteiger partial charge on any atom is -0.462 e. The SMILES string of the molecule is CC/C=C\C/C=C\C/C=C\CCCCCCCCCCCC(=O)OCC(COC(=O)CCCCCCCCC/C=C\C/C=C\CCCCC)OC(=O)CCCCCCCCCCCCCCCCCCCC. The molecular formula is C66H118O6. The van der Waals surface area contributed by atoms with Crippen molar-refractivity contribution in [2.45, 2.75) is 329 Å². The van der Waals surface area contributed by atoms with Crippen molar-refractivity contribution in [3.8, 4) is 0 Å². The number of rotatable bonds is 57. The number of carbonyl (C=O) groups is 3. The Kier molecular flexibility index (Phi) is 58.2. The highest BCUT2D eigenvalue weighted by molar-refractivity contribution is 5.71. The summed E-state index contributed by atoms with van der Waals surface area (Å²) >= 11 is 0. The number of ether oxygens (including phenoxy) is 3. The number of unbranched alkanes of at least 4 members (excludes halogenated alkanes) is 36. The van der Waals surface area contributed by atoms with E-state index in [4.69, 9.17) is 14.2 Å². The molecule has 0 aliphatic heterocycles. The quantitative estimate of drug-likeness (QED) is 0.0261. The van der Waals surface area contributed by atoms with Gasteiger partial charge in [-0.1, -0.05) is 281 Å². The maximum Gasteiger partial charge on any atom is 0.306 e. The molecule has 1 unspecified atom stereocenters. The monoisotopic (exact) mass is 1010 g/mol. The highest BCUT2D eigenvalue weighted by Gasteiger charge is 2.19. The standard InChI is InChI=1S/C66H118O6/c1-4-7-10-13-16-19-22-25-28-31-33-36-38-41-44-47-50-53-56-59-65(68)71-62-63(61-70-64(67)58-55-52-49-46-43-40-37-34-30-27-24-21-18-15-12-9-6-3)72-66(69)60-57-54-51-48-45-42-39-35-32-29-26-23-20-17-14-11-8-5-2/h7,10,16,18-19,21,25,27-28,30,63H,4-6,8-9,11-15,17,20,22-24,26,29,31-62H2,1-3H3/b10-7-,19-16-,21-18-,28-25-,30-27-. The number of hydrogen-bond donors (Lipinski definition) is 0. The zero-order valence-electron chi connectivity index (χ0n) is 47.9. The molecule has 0 heterocycles. The van der Waals surface area contributed by atoms with E-state index >= 15 is 0 Å². The first-order valence-corrected chi connectivity index (χ1v) is 31.3. The average molecular weight is 1010 g/mol. The van der Waals surface area contributed by atoms with E-state index in [1.165, 1.54) is 193 Å². The third-order valence-corrected chi connectivity index (χ3v) is 13.8. The molecule has 0 aromatic carbocycles. The highest BCUT2D eigenvalue weighted by Crippen LogP contribution is 2.17. The lowest BCUT2D eigenvalue weighted by Crippen LogP contribution is -2.30. The second-order valence-corrected chi connectivity index (χ2v) is 20.9.